The van der Waals surface area contributed by atoms with E-state index in [2.05, 4.69) is 75.5 Å². The molecule has 30 heavy (non-hydrogen) atoms. The minimum atomic E-state index is -0.00147. The summed E-state index contributed by atoms with van der Waals surface area (Å²) in [4.78, 5) is 4.64. The van der Waals surface area contributed by atoms with Crippen molar-refractivity contribution in [1.29, 1.82) is 0 Å². The summed E-state index contributed by atoms with van der Waals surface area (Å²) in [6.07, 6.45) is 0. The van der Waals surface area contributed by atoms with E-state index in [1.54, 1.807) is 11.3 Å². The average molecular weight is 420 g/mol. The lowest BCUT2D eigenvalue weighted by Gasteiger charge is -2.20. The molecule has 0 amide bonds. The third-order valence-electron chi connectivity index (χ3n) is 5.03. The molecule has 0 saturated carbocycles. The molecule has 2 aromatic carbocycles. The number of hydrogen-bond donors (Lipinski definition) is 0. The van der Waals surface area contributed by atoms with Crippen molar-refractivity contribution in [1.82, 2.24) is 14.8 Å². The minimum absolute atomic E-state index is 0.00147. The maximum atomic E-state index is 5.99. The van der Waals surface area contributed by atoms with Crippen LogP contribution < -0.4 is 4.74 Å². The van der Waals surface area contributed by atoms with Gasteiger partial charge < -0.3 is 4.74 Å². The molecule has 4 rings (SSSR count). The van der Waals surface area contributed by atoms with Gasteiger partial charge in [-0.2, -0.15) is 5.10 Å². The first-order valence-corrected chi connectivity index (χ1v) is 11.1. The quantitative estimate of drug-likeness (QED) is 0.371. The average Bonchev–Trinajstić information content (AvgIpc) is 3.30. The van der Waals surface area contributed by atoms with E-state index in [4.69, 9.17) is 9.84 Å². The second kappa shape index (κ2) is 7.55. The van der Waals surface area contributed by atoms with Gasteiger partial charge in [0.15, 0.2) is 0 Å². The van der Waals surface area contributed by atoms with Crippen molar-refractivity contribution in [2.45, 2.75) is 59.0 Å². The Balaban J connectivity index is 1.55. The van der Waals surface area contributed by atoms with Gasteiger partial charge >= 0.3 is 0 Å². The lowest BCUT2D eigenvalue weighted by Crippen LogP contribution is -2.17. The van der Waals surface area contributed by atoms with Crippen LogP contribution in [0.15, 0.2) is 54.6 Å². The predicted molar refractivity (Wildman–Crippen MR) is 125 cm³/mol. The summed E-state index contributed by atoms with van der Waals surface area (Å²) in [7, 11) is 0. The fourth-order valence-electron chi connectivity index (χ4n) is 3.29. The molecule has 0 aliphatic rings. The number of hydrogen-bond acceptors (Lipinski definition) is 4. The van der Waals surface area contributed by atoms with Gasteiger partial charge in [0.05, 0.1) is 21.6 Å². The van der Waals surface area contributed by atoms with Crippen LogP contribution >= 0.6 is 11.3 Å². The maximum absolute atomic E-state index is 5.99. The summed E-state index contributed by atoms with van der Waals surface area (Å²) in [6.45, 7) is 13.7. The van der Waals surface area contributed by atoms with Crippen molar-refractivity contribution in [3.8, 4) is 11.4 Å². The van der Waals surface area contributed by atoms with Crippen molar-refractivity contribution in [2.24, 2.45) is 0 Å². The van der Waals surface area contributed by atoms with Gasteiger partial charge in [-0.3, -0.25) is 0 Å². The molecule has 0 aliphatic carbocycles. The largest absolute Gasteiger partial charge is 0.486 e. The van der Waals surface area contributed by atoms with Gasteiger partial charge in [0, 0.05) is 16.5 Å². The lowest BCUT2D eigenvalue weighted by atomic mass is 9.88. The number of nitrogens with zero attached hydrogens (tertiary/aromatic N) is 3. The molecule has 0 spiro atoms. The van der Waals surface area contributed by atoms with Crippen molar-refractivity contribution in [2.75, 3.05) is 0 Å². The van der Waals surface area contributed by atoms with Crippen LogP contribution in [0.4, 0.5) is 0 Å². The third kappa shape index (κ3) is 4.26. The zero-order valence-electron chi connectivity index (χ0n) is 18.6. The smallest absolute Gasteiger partial charge is 0.140 e. The van der Waals surface area contributed by atoms with E-state index < -0.39 is 0 Å². The summed E-state index contributed by atoms with van der Waals surface area (Å²) >= 11 is 1.68. The summed E-state index contributed by atoms with van der Waals surface area (Å²) in [5, 5.41) is 5.92. The molecule has 0 N–H and O–H groups in total. The topological polar surface area (TPSA) is 39.9 Å². The molecule has 0 unspecified atom stereocenters. The fourth-order valence-corrected chi connectivity index (χ4v) is 4.17. The molecule has 0 bridgehead atoms. The van der Waals surface area contributed by atoms with Crippen LogP contribution in [0, 0.1) is 0 Å². The van der Waals surface area contributed by atoms with Gasteiger partial charge in [0.1, 0.15) is 17.4 Å². The van der Waals surface area contributed by atoms with E-state index in [0.717, 1.165) is 27.7 Å². The molecule has 0 fully saturated rings. The first kappa shape index (κ1) is 20.6. The molecule has 0 aliphatic heterocycles. The SMILES string of the molecule is CC(C)(C)c1cc(C(C)(C)C)n(-c2ccc(OCc3nc4ccccc4s3)cc2)n1. The molecule has 2 aromatic heterocycles. The highest BCUT2D eigenvalue weighted by Gasteiger charge is 2.26. The highest BCUT2D eigenvalue weighted by molar-refractivity contribution is 7.18. The monoisotopic (exact) mass is 419 g/mol. The van der Waals surface area contributed by atoms with Crippen LogP contribution in [0.3, 0.4) is 0 Å². The van der Waals surface area contributed by atoms with E-state index in [1.807, 2.05) is 30.3 Å². The fraction of sp³-hybridized carbons (Fsp3) is 0.360. The van der Waals surface area contributed by atoms with Crippen molar-refractivity contribution in [3.63, 3.8) is 0 Å². The van der Waals surface area contributed by atoms with Crippen LogP contribution in [0.25, 0.3) is 15.9 Å². The molecule has 2 heterocycles. The predicted octanol–water partition coefficient (Wildman–Crippen LogP) is 6.66. The Morgan fingerprint density at radius 2 is 1.60 bits per heavy atom. The van der Waals surface area contributed by atoms with Crippen LogP contribution in [-0.2, 0) is 17.4 Å². The van der Waals surface area contributed by atoms with Crippen LogP contribution in [0.2, 0.25) is 0 Å². The number of ether oxygens (including phenoxy) is 1. The van der Waals surface area contributed by atoms with Crippen molar-refractivity contribution < 1.29 is 4.74 Å². The third-order valence-corrected chi connectivity index (χ3v) is 6.04. The van der Waals surface area contributed by atoms with Crippen molar-refractivity contribution >= 4 is 21.6 Å². The van der Waals surface area contributed by atoms with E-state index in [1.165, 1.54) is 10.4 Å². The highest BCUT2D eigenvalue weighted by atomic mass is 32.1. The number of thiazole rings is 1. The van der Waals surface area contributed by atoms with Crippen LogP contribution in [0.1, 0.15) is 57.9 Å². The highest BCUT2D eigenvalue weighted by Crippen LogP contribution is 2.31. The molecule has 0 atom stereocenters. The molecule has 0 radical (unpaired) electrons. The minimum Gasteiger partial charge on any atom is -0.486 e. The van der Waals surface area contributed by atoms with E-state index in [9.17, 15) is 0 Å². The molecule has 4 nitrogen and oxygen atoms in total. The van der Waals surface area contributed by atoms with Gasteiger partial charge in [-0.05, 0) is 42.5 Å². The van der Waals surface area contributed by atoms with Gasteiger partial charge in [-0.15, -0.1) is 11.3 Å². The molecule has 4 aromatic rings. The molecular formula is C25H29N3OS. The molecule has 156 valence electrons. The van der Waals surface area contributed by atoms with Gasteiger partial charge in [0.25, 0.3) is 0 Å². The summed E-state index contributed by atoms with van der Waals surface area (Å²) in [6, 6.07) is 18.6. The number of rotatable bonds is 4. The molecular weight excluding hydrogens is 390 g/mol. The number of aromatic nitrogens is 3. The Bertz CT molecular complexity index is 1120. The Kier molecular flexibility index (Phi) is 5.18. The number of benzene rings is 2. The Hall–Kier alpha value is -2.66. The number of para-hydroxylation sites is 1. The maximum Gasteiger partial charge on any atom is 0.140 e. The zero-order valence-corrected chi connectivity index (χ0v) is 19.4. The van der Waals surface area contributed by atoms with Gasteiger partial charge in [0.2, 0.25) is 0 Å². The van der Waals surface area contributed by atoms with Crippen LogP contribution in [0.5, 0.6) is 5.75 Å². The zero-order chi connectivity index (χ0) is 21.5. The first-order valence-electron chi connectivity index (χ1n) is 10.3. The van der Waals surface area contributed by atoms with Crippen molar-refractivity contribution in [3.05, 3.63) is 71.0 Å². The Morgan fingerprint density at radius 1 is 0.900 bits per heavy atom. The normalized spacial score (nSPS) is 12.5. The number of fused-ring (bicyclic) bond motifs is 1. The lowest BCUT2D eigenvalue weighted by molar-refractivity contribution is 0.306. The molecule has 0 saturated heterocycles. The molecule has 5 heteroatoms. The first-order chi connectivity index (χ1) is 14.1. The Labute approximate surface area is 182 Å². The second-order valence-electron chi connectivity index (χ2n) is 9.68. The van der Waals surface area contributed by atoms with Crippen LogP contribution in [-0.4, -0.2) is 14.8 Å². The summed E-state index contributed by atoms with van der Waals surface area (Å²) < 4.78 is 9.24. The summed E-state index contributed by atoms with van der Waals surface area (Å²) in [5.41, 5.74) is 4.38. The second-order valence-corrected chi connectivity index (χ2v) is 10.8. The Morgan fingerprint density at radius 3 is 2.23 bits per heavy atom. The standard InChI is InChI=1S/C25H29N3OS/c1-24(2,3)21-15-22(25(4,5)6)28(27-21)17-11-13-18(14-12-17)29-16-23-26-19-9-7-8-10-20(19)30-23/h7-15H,16H2,1-6H3. The van der Waals surface area contributed by atoms with E-state index >= 15 is 0 Å². The summed E-state index contributed by atoms with van der Waals surface area (Å²) in [5.74, 6) is 0.832. The van der Waals surface area contributed by atoms with Gasteiger partial charge in [-0.1, -0.05) is 53.7 Å². The van der Waals surface area contributed by atoms with Gasteiger partial charge in [-0.25, -0.2) is 9.67 Å². The van der Waals surface area contributed by atoms with E-state index in [-0.39, 0.29) is 10.8 Å². The van der Waals surface area contributed by atoms with E-state index in [0.29, 0.717) is 6.61 Å².